The molecule has 6 nitrogen and oxygen atoms in total. The summed E-state index contributed by atoms with van der Waals surface area (Å²) >= 11 is 7.08. The summed E-state index contributed by atoms with van der Waals surface area (Å²) in [7, 11) is 0. The Morgan fingerprint density at radius 3 is 2.64 bits per heavy atom. The highest BCUT2D eigenvalue weighted by Crippen LogP contribution is 2.25. The second kappa shape index (κ2) is 10.5. The predicted octanol–water partition coefficient (Wildman–Crippen LogP) is 5.68. The zero-order valence-corrected chi connectivity index (χ0v) is 19.2. The topological polar surface area (TPSA) is 69.0 Å². The van der Waals surface area contributed by atoms with Crippen molar-refractivity contribution in [2.75, 3.05) is 11.1 Å². The molecule has 3 aromatic carbocycles. The highest BCUT2D eigenvalue weighted by atomic mass is 35.5. The number of nitrogens with zero attached hydrogens (tertiary/aromatic N) is 3. The minimum absolute atomic E-state index is 0.00949. The van der Waals surface area contributed by atoms with Crippen LogP contribution in [0.25, 0.3) is 5.69 Å². The van der Waals surface area contributed by atoms with Gasteiger partial charge in [-0.3, -0.25) is 9.36 Å². The van der Waals surface area contributed by atoms with Crippen molar-refractivity contribution in [1.29, 1.82) is 0 Å². The van der Waals surface area contributed by atoms with Crippen molar-refractivity contribution in [2.45, 2.75) is 18.7 Å². The van der Waals surface area contributed by atoms with Crippen LogP contribution in [0.1, 0.15) is 11.4 Å². The second-order valence-corrected chi connectivity index (χ2v) is 8.46. The van der Waals surface area contributed by atoms with Gasteiger partial charge in [-0.15, -0.1) is 10.2 Å². The third kappa shape index (κ3) is 5.71. The smallest absolute Gasteiger partial charge is 0.234 e. The molecule has 1 aromatic heterocycles. The van der Waals surface area contributed by atoms with Gasteiger partial charge in [0, 0.05) is 10.7 Å². The van der Waals surface area contributed by atoms with E-state index in [2.05, 4.69) is 15.5 Å². The van der Waals surface area contributed by atoms with Crippen molar-refractivity contribution in [3.05, 3.63) is 95.0 Å². The van der Waals surface area contributed by atoms with Gasteiger partial charge in [0.25, 0.3) is 0 Å². The third-order valence-electron chi connectivity index (χ3n) is 4.70. The van der Waals surface area contributed by atoms with Crippen molar-refractivity contribution in [1.82, 2.24) is 14.8 Å². The minimum atomic E-state index is -0.555. The van der Waals surface area contributed by atoms with Gasteiger partial charge in [0.15, 0.2) is 11.0 Å². The number of nitrogens with one attached hydrogen (secondary N) is 1. The van der Waals surface area contributed by atoms with E-state index in [4.69, 9.17) is 16.3 Å². The molecule has 0 saturated carbocycles. The Hall–Kier alpha value is -3.36. The molecule has 0 aliphatic rings. The van der Waals surface area contributed by atoms with E-state index in [-0.39, 0.29) is 24.0 Å². The highest BCUT2D eigenvalue weighted by Gasteiger charge is 2.17. The molecule has 0 atom stereocenters. The number of para-hydroxylation sites is 2. The Bertz CT molecular complexity index is 1270. The molecule has 9 heteroatoms. The molecule has 1 amide bonds. The predicted molar refractivity (Wildman–Crippen MR) is 128 cm³/mol. The standard InChI is InChI=1S/C24H20ClFN4O2S/c1-16-7-5-6-10-21(16)32-14-22-28-29-24(30(22)18-8-3-2-4-9-18)33-15-23(31)27-20-13-17(25)11-12-19(20)26/h2-13H,14-15H2,1H3,(H,27,31). The number of thioether (sulfide) groups is 1. The fraction of sp³-hybridized carbons (Fsp3) is 0.125. The molecular formula is C24H20ClFN4O2S. The fourth-order valence-corrected chi connectivity index (χ4v) is 4.04. The molecule has 0 aliphatic carbocycles. The number of hydrogen-bond donors (Lipinski definition) is 1. The van der Waals surface area contributed by atoms with E-state index >= 15 is 0 Å². The first kappa shape index (κ1) is 22.8. The fourth-order valence-electron chi connectivity index (χ4n) is 3.09. The number of ether oxygens (including phenoxy) is 1. The molecule has 33 heavy (non-hydrogen) atoms. The zero-order valence-electron chi connectivity index (χ0n) is 17.7. The highest BCUT2D eigenvalue weighted by molar-refractivity contribution is 7.99. The average Bonchev–Trinajstić information content (AvgIpc) is 3.23. The maximum atomic E-state index is 13.9. The van der Waals surface area contributed by atoms with E-state index in [1.165, 1.54) is 30.0 Å². The Morgan fingerprint density at radius 2 is 1.85 bits per heavy atom. The molecule has 0 aliphatic heterocycles. The van der Waals surface area contributed by atoms with Crippen LogP contribution in [0.15, 0.2) is 78.0 Å². The maximum absolute atomic E-state index is 13.9. The first-order chi connectivity index (χ1) is 16.0. The molecular weight excluding hydrogens is 463 g/mol. The lowest BCUT2D eigenvalue weighted by atomic mass is 10.2. The lowest BCUT2D eigenvalue weighted by Crippen LogP contribution is -2.15. The van der Waals surface area contributed by atoms with Gasteiger partial charge in [-0.1, -0.05) is 59.8 Å². The maximum Gasteiger partial charge on any atom is 0.234 e. The number of carbonyl (C=O) groups excluding carboxylic acids is 1. The summed E-state index contributed by atoms with van der Waals surface area (Å²) in [6, 6.07) is 21.3. The molecule has 1 N–H and O–H groups in total. The van der Waals surface area contributed by atoms with Crippen molar-refractivity contribution < 1.29 is 13.9 Å². The number of anilines is 1. The SMILES string of the molecule is Cc1ccccc1OCc1nnc(SCC(=O)Nc2cc(Cl)ccc2F)n1-c1ccccc1. The lowest BCUT2D eigenvalue weighted by molar-refractivity contribution is -0.113. The number of halogens is 2. The van der Waals surface area contributed by atoms with Crippen molar-refractivity contribution in [2.24, 2.45) is 0 Å². The van der Waals surface area contributed by atoms with Gasteiger partial charge in [0.1, 0.15) is 18.2 Å². The molecule has 168 valence electrons. The molecule has 0 radical (unpaired) electrons. The van der Waals surface area contributed by atoms with Crippen LogP contribution in [-0.4, -0.2) is 26.4 Å². The minimum Gasteiger partial charge on any atom is -0.485 e. The van der Waals surface area contributed by atoms with Crippen LogP contribution >= 0.6 is 23.4 Å². The number of aryl methyl sites for hydroxylation is 1. The van der Waals surface area contributed by atoms with Crippen LogP contribution < -0.4 is 10.1 Å². The third-order valence-corrected chi connectivity index (χ3v) is 5.86. The number of aromatic nitrogens is 3. The van der Waals surface area contributed by atoms with Gasteiger partial charge in [-0.05, 0) is 48.9 Å². The lowest BCUT2D eigenvalue weighted by Gasteiger charge is -2.12. The second-order valence-electron chi connectivity index (χ2n) is 7.08. The van der Waals surface area contributed by atoms with Gasteiger partial charge >= 0.3 is 0 Å². The molecule has 0 saturated heterocycles. The summed E-state index contributed by atoms with van der Waals surface area (Å²) in [5, 5.41) is 11.9. The van der Waals surface area contributed by atoms with E-state index in [1.54, 1.807) is 0 Å². The van der Waals surface area contributed by atoms with E-state index in [9.17, 15) is 9.18 Å². The number of rotatable bonds is 8. The quantitative estimate of drug-likeness (QED) is 0.327. The van der Waals surface area contributed by atoms with Gasteiger partial charge in [0.2, 0.25) is 5.91 Å². The summed E-state index contributed by atoms with van der Waals surface area (Å²) < 4.78 is 21.7. The molecule has 1 heterocycles. The van der Waals surface area contributed by atoms with Gasteiger partial charge in [0.05, 0.1) is 11.4 Å². The number of carbonyl (C=O) groups is 1. The first-order valence-corrected chi connectivity index (χ1v) is 11.4. The Kier molecular flexibility index (Phi) is 7.26. The van der Waals surface area contributed by atoms with Crippen molar-refractivity contribution in [3.63, 3.8) is 0 Å². The summed E-state index contributed by atoms with van der Waals surface area (Å²) in [5.74, 6) is 0.420. The largest absolute Gasteiger partial charge is 0.485 e. The number of amides is 1. The summed E-state index contributed by atoms with van der Waals surface area (Å²) in [5.41, 5.74) is 1.89. The van der Waals surface area contributed by atoms with E-state index in [1.807, 2.05) is 66.1 Å². The van der Waals surface area contributed by atoms with Crippen LogP contribution in [0.2, 0.25) is 5.02 Å². The number of benzene rings is 3. The average molecular weight is 483 g/mol. The van der Waals surface area contributed by atoms with E-state index in [0.717, 1.165) is 17.0 Å². The summed E-state index contributed by atoms with van der Waals surface area (Å²) in [6.07, 6.45) is 0. The van der Waals surface area contributed by atoms with Crippen molar-refractivity contribution in [3.8, 4) is 11.4 Å². The molecule has 0 fully saturated rings. The molecule has 4 aromatic rings. The van der Waals surface area contributed by atoms with Crippen LogP contribution in [0.5, 0.6) is 5.75 Å². The van der Waals surface area contributed by atoms with Crippen LogP contribution in [0.3, 0.4) is 0 Å². The summed E-state index contributed by atoms with van der Waals surface area (Å²) in [4.78, 5) is 12.4. The molecule has 0 unspecified atom stereocenters. The molecule has 0 spiro atoms. The van der Waals surface area contributed by atoms with Crippen LogP contribution in [-0.2, 0) is 11.4 Å². The zero-order chi connectivity index (χ0) is 23.2. The molecule has 0 bridgehead atoms. The van der Waals surface area contributed by atoms with Gasteiger partial charge < -0.3 is 10.1 Å². The van der Waals surface area contributed by atoms with Gasteiger partial charge in [-0.25, -0.2) is 4.39 Å². The van der Waals surface area contributed by atoms with Crippen LogP contribution in [0.4, 0.5) is 10.1 Å². The van der Waals surface area contributed by atoms with Crippen LogP contribution in [0, 0.1) is 12.7 Å². The number of hydrogen-bond acceptors (Lipinski definition) is 5. The van der Waals surface area contributed by atoms with Gasteiger partial charge in [-0.2, -0.15) is 0 Å². The first-order valence-electron chi connectivity index (χ1n) is 10.1. The Labute approximate surface area is 199 Å². The Balaban J connectivity index is 1.51. The normalized spacial score (nSPS) is 10.8. The van der Waals surface area contributed by atoms with E-state index in [0.29, 0.717) is 16.0 Å². The summed E-state index contributed by atoms with van der Waals surface area (Å²) in [6.45, 7) is 2.17. The van der Waals surface area contributed by atoms with E-state index < -0.39 is 5.82 Å². The monoisotopic (exact) mass is 482 g/mol. The Morgan fingerprint density at radius 1 is 1.09 bits per heavy atom. The van der Waals surface area contributed by atoms with Crippen molar-refractivity contribution >= 4 is 35.0 Å². The molecule has 4 rings (SSSR count).